The highest BCUT2D eigenvalue weighted by molar-refractivity contribution is 5.98. The van der Waals surface area contributed by atoms with E-state index in [9.17, 15) is 9.59 Å². The molecule has 0 aromatic heterocycles. The molecule has 1 saturated heterocycles. The van der Waals surface area contributed by atoms with E-state index >= 15 is 0 Å². The lowest BCUT2D eigenvalue weighted by molar-refractivity contribution is 0.0303. The largest absolute Gasteiger partial charge is 0.495 e. The zero-order valence-electron chi connectivity index (χ0n) is 14.5. The molecule has 136 valence electrons. The number of benzene rings is 1. The molecule has 1 saturated carbocycles. The van der Waals surface area contributed by atoms with Gasteiger partial charge >= 0.3 is 6.03 Å². The Morgan fingerprint density at radius 1 is 1.20 bits per heavy atom. The molecular weight excluding hydrogens is 322 g/mol. The summed E-state index contributed by atoms with van der Waals surface area (Å²) in [7, 11) is 1.54. The van der Waals surface area contributed by atoms with E-state index in [2.05, 4.69) is 10.6 Å². The van der Waals surface area contributed by atoms with Crippen LogP contribution in [0.1, 0.15) is 36.0 Å². The number of amides is 3. The Bertz CT molecular complexity index is 623. The van der Waals surface area contributed by atoms with Crippen LogP contribution in [0.25, 0.3) is 0 Å². The number of morpholine rings is 1. The predicted octanol–water partition coefficient (Wildman–Crippen LogP) is 2.23. The van der Waals surface area contributed by atoms with Crippen LogP contribution in [-0.4, -0.2) is 56.3 Å². The van der Waals surface area contributed by atoms with E-state index in [1.807, 2.05) is 0 Å². The van der Waals surface area contributed by atoms with Crippen LogP contribution in [-0.2, 0) is 4.74 Å². The maximum absolute atomic E-state index is 12.6. The van der Waals surface area contributed by atoms with Crippen molar-refractivity contribution in [3.05, 3.63) is 23.8 Å². The van der Waals surface area contributed by atoms with Crippen LogP contribution >= 0.6 is 0 Å². The van der Waals surface area contributed by atoms with Gasteiger partial charge in [-0.3, -0.25) is 4.79 Å². The maximum Gasteiger partial charge on any atom is 0.319 e. The fourth-order valence-corrected chi connectivity index (χ4v) is 3.30. The summed E-state index contributed by atoms with van der Waals surface area (Å²) in [5.74, 6) is 0.463. The standard InChI is InChI=1S/C18H25N3O4/c1-24-16-7-6-13(17(22)21-8-10-25-11-9-21)12-15(16)20-18(23)19-14-4-2-3-5-14/h6-7,12,14H,2-5,8-11H2,1H3,(H2,19,20,23). The number of nitrogens with zero attached hydrogens (tertiary/aromatic N) is 1. The molecule has 2 N–H and O–H groups in total. The first-order valence-electron chi connectivity index (χ1n) is 8.80. The molecule has 1 aliphatic heterocycles. The Hall–Kier alpha value is -2.28. The van der Waals surface area contributed by atoms with E-state index in [1.54, 1.807) is 30.2 Å². The smallest absolute Gasteiger partial charge is 0.319 e. The number of anilines is 1. The van der Waals surface area contributed by atoms with Crippen molar-refractivity contribution in [1.82, 2.24) is 10.2 Å². The van der Waals surface area contributed by atoms with Crippen LogP contribution < -0.4 is 15.4 Å². The van der Waals surface area contributed by atoms with Crippen molar-refractivity contribution >= 4 is 17.6 Å². The molecular formula is C18H25N3O4. The van der Waals surface area contributed by atoms with E-state index in [-0.39, 0.29) is 18.0 Å². The third-order valence-electron chi connectivity index (χ3n) is 4.68. The summed E-state index contributed by atoms with van der Waals surface area (Å²) in [4.78, 5) is 26.6. The quantitative estimate of drug-likeness (QED) is 0.875. The molecule has 1 aromatic rings. The first kappa shape index (κ1) is 17.5. The fraction of sp³-hybridized carbons (Fsp3) is 0.556. The minimum atomic E-state index is -0.263. The third kappa shape index (κ3) is 4.42. The Morgan fingerprint density at radius 3 is 2.60 bits per heavy atom. The van der Waals surface area contributed by atoms with Crippen molar-refractivity contribution in [2.24, 2.45) is 0 Å². The fourth-order valence-electron chi connectivity index (χ4n) is 3.30. The second kappa shape index (κ2) is 8.20. The normalized spacial score (nSPS) is 18.0. The van der Waals surface area contributed by atoms with Crippen LogP contribution in [0.2, 0.25) is 0 Å². The summed E-state index contributed by atoms with van der Waals surface area (Å²) in [6.07, 6.45) is 4.33. The Labute approximate surface area is 147 Å². The second-order valence-electron chi connectivity index (χ2n) is 6.40. The Balaban J connectivity index is 1.70. The molecule has 0 unspecified atom stereocenters. The first-order valence-corrected chi connectivity index (χ1v) is 8.80. The number of carbonyl (C=O) groups is 2. The van der Waals surface area contributed by atoms with Gasteiger partial charge in [0, 0.05) is 24.7 Å². The molecule has 7 heteroatoms. The number of ether oxygens (including phenoxy) is 2. The second-order valence-corrected chi connectivity index (χ2v) is 6.40. The van der Waals surface area contributed by atoms with Gasteiger partial charge in [-0.2, -0.15) is 0 Å². The highest BCUT2D eigenvalue weighted by atomic mass is 16.5. The highest BCUT2D eigenvalue weighted by Gasteiger charge is 2.21. The zero-order valence-corrected chi connectivity index (χ0v) is 14.5. The lowest BCUT2D eigenvalue weighted by Gasteiger charge is -2.27. The van der Waals surface area contributed by atoms with Gasteiger partial charge in [-0.1, -0.05) is 12.8 Å². The molecule has 3 rings (SSSR count). The van der Waals surface area contributed by atoms with E-state index in [0.29, 0.717) is 43.3 Å². The molecule has 0 atom stereocenters. The summed E-state index contributed by atoms with van der Waals surface area (Å²) < 4.78 is 10.6. The van der Waals surface area contributed by atoms with Crippen molar-refractivity contribution in [2.75, 3.05) is 38.7 Å². The molecule has 0 radical (unpaired) electrons. The minimum Gasteiger partial charge on any atom is -0.495 e. The molecule has 1 heterocycles. The molecule has 2 aliphatic rings. The van der Waals surface area contributed by atoms with Gasteiger partial charge in [0.05, 0.1) is 26.0 Å². The molecule has 25 heavy (non-hydrogen) atoms. The van der Waals surface area contributed by atoms with E-state index in [4.69, 9.17) is 9.47 Å². The van der Waals surface area contributed by atoms with Crippen LogP contribution in [0, 0.1) is 0 Å². The SMILES string of the molecule is COc1ccc(C(=O)N2CCOCC2)cc1NC(=O)NC1CCCC1. The highest BCUT2D eigenvalue weighted by Crippen LogP contribution is 2.26. The average Bonchev–Trinajstić information content (AvgIpc) is 3.14. The van der Waals surface area contributed by atoms with Gasteiger partial charge in [-0.05, 0) is 31.0 Å². The number of carbonyl (C=O) groups excluding carboxylic acids is 2. The summed E-state index contributed by atoms with van der Waals surface area (Å²) >= 11 is 0. The molecule has 1 aliphatic carbocycles. The number of hydrogen-bond acceptors (Lipinski definition) is 4. The van der Waals surface area contributed by atoms with Crippen LogP contribution in [0.3, 0.4) is 0 Å². The van der Waals surface area contributed by atoms with Gasteiger partial charge in [0.25, 0.3) is 5.91 Å². The molecule has 1 aromatic carbocycles. The minimum absolute atomic E-state index is 0.0646. The van der Waals surface area contributed by atoms with Crippen molar-refractivity contribution < 1.29 is 19.1 Å². The van der Waals surface area contributed by atoms with Crippen LogP contribution in [0.5, 0.6) is 5.75 Å². The number of urea groups is 1. The van der Waals surface area contributed by atoms with Gasteiger partial charge in [-0.25, -0.2) is 4.79 Å². The molecule has 2 fully saturated rings. The monoisotopic (exact) mass is 347 g/mol. The van der Waals surface area contributed by atoms with Crippen molar-refractivity contribution in [3.63, 3.8) is 0 Å². The lowest BCUT2D eigenvalue weighted by Crippen LogP contribution is -2.40. The Morgan fingerprint density at radius 2 is 1.92 bits per heavy atom. The van der Waals surface area contributed by atoms with Gasteiger partial charge in [-0.15, -0.1) is 0 Å². The summed E-state index contributed by atoms with van der Waals surface area (Å²) in [5, 5.41) is 5.79. The van der Waals surface area contributed by atoms with Crippen molar-refractivity contribution in [2.45, 2.75) is 31.7 Å². The first-order chi connectivity index (χ1) is 12.2. The topological polar surface area (TPSA) is 79.9 Å². The summed E-state index contributed by atoms with van der Waals surface area (Å²) in [6, 6.07) is 5.06. The average molecular weight is 347 g/mol. The van der Waals surface area contributed by atoms with E-state index in [0.717, 1.165) is 25.7 Å². The molecule has 3 amide bonds. The maximum atomic E-state index is 12.6. The summed E-state index contributed by atoms with van der Waals surface area (Å²) in [5.41, 5.74) is 1.02. The van der Waals surface area contributed by atoms with E-state index in [1.165, 1.54) is 0 Å². The summed E-state index contributed by atoms with van der Waals surface area (Å²) in [6.45, 7) is 2.26. The predicted molar refractivity (Wildman–Crippen MR) is 94.1 cm³/mol. The molecule has 0 spiro atoms. The number of methoxy groups -OCH3 is 1. The molecule has 7 nitrogen and oxygen atoms in total. The third-order valence-corrected chi connectivity index (χ3v) is 4.68. The zero-order chi connectivity index (χ0) is 17.6. The number of rotatable bonds is 4. The van der Waals surface area contributed by atoms with Gasteiger partial charge in [0.2, 0.25) is 0 Å². The number of nitrogens with one attached hydrogen (secondary N) is 2. The van der Waals surface area contributed by atoms with Gasteiger partial charge < -0.3 is 25.0 Å². The Kier molecular flexibility index (Phi) is 5.75. The van der Waals surface area contributed by atoms with Crippen molar-refractivity contribution in [1.29, 1.82) is 0 Å². The van der Waals surface area contributed by atoms with Crippen molar-refractivity contribution in [3.8, 4) is 5.75 Å². The van der Waals surface area contributed by atoms with Crippen LogP contribution in [0.15, 0.2) is 18.2 Å². The van der Waals surface area contributed by atoms with E-state index < -0.39 is 0 Å². The van der Waals surface area contributed by atoms with Gasteiger partial charge in [0.15, 0.2) is 0 Å². The molecule has 0 bridgehead atoms. The lowest BCUT2D eigenvalue weighted by atomic mass is 10.1. The number of hydrogen-bond donors (Lipinski definition) is 2. The van der Waals surface area contributed by atoms with Gasteiger partial charge in [0.1, 0.15) is 5.75 Å². The van der Waals surface area contributed by atoms with Crippen LogP contribution in [0.4, 0.5) is 10.5 Å².